The number of halogens is 1. The zero-order chi connectivity index (χ0) is 22.4. The molecular weight excluding hydrogens is 405 g/mol. The van der Waals surface area contributed by atoms with Gasteiger partial charge in [0.1, 0.15) is 11.4 Å². The van der Waals surface area contributed by atoms with Crippen LogP contribution in [0, 0.1) is 23.7 Å². The Morgan fingerprint density at radius 3 is 3.00 bits per heavy atom. The molecule has 0 saturated carbocycles. The van der Waals surface area contributed by atoms with Crippen molar-refractivity contribution >= 4 is 35.8 Å². The third kappa shape index (κ3) is 4.43. The molecule has 1 saturated heterocycles. The van der Waals surface area contributed by atoms with Crippen LogP contribution in [0.25, 0.3) is 0 Å². The standard InChI is InChI=1S/C21H28FN5O2S/c1-6-9-29-17(10-24-5)25-13-20(4,16(22)7-2)21-14-27(18(28)8-3)11-15(21)12-30-19(23)26-21/h1,7,10,13,15H,5,8-9,11-12,14H2,2-4H3,(H2,23,26)/b16-7+,17-10+,25-13-/t15-,20?,21-/m0/s1. The Balaban J connectivity index is 2.59. The van der Waals surface area contributed by atoms with Gasteiger partial charge in [0.25, 0.3) is 0 Å². The van der Waals surface area contributed by atoms with E-state index in [0.717, 1.165) is 0 Å². The Bertz CT molecular complexity index is 847. The van der Waals surface area contributed by atoms with Crippen LogP contribution < -0.4 is 5.73 Å². The van der Waals surface area contributed by atoms with Gasteiger partial charge < -0.3 is 15.4 Å². The molecule has 1 fully saturated rings. The van der Waals surface area contributed by atoms with Crippen molar-refractivity contribution in [1.29, 1.82) is 0 Å². The molecule has 2 heterocycles. The van der Waals surface area contributed by atoms with Gasteiger partial charge in [-0.2, -0.15) is 0 Å². The van der Waals surface area contributed by atoms with E-state index in [2.05, 4.69) is 22.6 Å². The summed E-state index contributed by atoms with van der Waals surface area (Å²) in [5.74, 6) is 2.56. The fourth-order valence-corrected chi connectivity index (χ4v) is 4.91. The summed E-state index contributed by atoms with van der Waals surface area (Å²) in [5.41, 5.74) is 3.81. The van der Waals surface area contributed by atoms with Crippen LogP contribution in [0.5, 0.6) is 0 Å². The molecule has 0 aromatic rings. The summed E-state index contributed by atoms with van der Waals surface area (Å²) in [5, 5.41) is 0.368. The number of aliphatic imine (C=N–C) groups is 3. The van der Waals surface area contributed by atoms with Crippen LogP contribution in [0.3, 0.4) is 0 Å². The molecule has 0 aromatic carbocycles. The number of carbonyl (C=O) groups excluding carboxylic acids is 1. The number of allylic oxidation sites excluding steroid dienone is 1. The quantitative estimate of drug-likeness (QED) is 0.362. The number of likely N-dealkylation sites (tertiary alicyclic amines) is 1. The number of nitrogens with two attached hydrogens (primary N) is 1. The normalized spacial score (nSPS) is 26.6. The summed E-state index contributed by atoms with van der Waals surface area (Å²) >= 11 is 1.42. The van der Waals surface area contributed by atoms with E-state index in [9.17, 15) is 4.79 Å². The van der Waals surface area contributed by atoms with E-state index in [-0.39, 0.29) is 30.9 Å². The number of fused-ring (bicyclic) bond motifs is 1. The summed E-state index contributed by atoms with van der Waals surface area (Å²) in [6.45, 7) is 9.24. The van der Waals surface area contributed by atoms with Gasteiger partial charge in [-0.15, -0.1) is 6.42 Å². The Labute approximate surface area is 181 Å². The van der Waals surface area contributed by atoms with Crippen LogP contribution in [-0.2, 0) is 9.53 Å². The lowest BCUT2D eigenvalue weighted by atomic mass is 9.65. The van der Waals surface area contributed by atoms with Gasteiger partial charge in [-0.05, 0) is 20.6 Å². The van der Waals surface area contributed by atoms with Crippen LogP contribution in [0.2, 0.25) is 0 Å². The summed E-state index contributed by atoms with van der Waals surface area (Å²) in [4.78, 5) is 26.9. The fourth-order valence-electron chi connectivity index (χ4n) is 3.93. The van der Waals surface area contributed by atoms with E-state index >= 15 is 4.39 Å². The first-order valence-corrected chi connectivity index (χ1v) is 10.6. The third-order valence-corrected chi connectivity index (χ3v) is 6.51. The maximum Gasteiger partial charge on any atom is 0.232 e. The van der Waals surface area contributed by atoms with E-state index in [1.807, 2.05) is 0 Å². The predicted molar refractivity (Wildman–Crippen MR) is 121 cm³/mol. The van der Waals surface area contributed by atoms with Gasteiger partial charge in [-0.3, -0.25) is 14.8 Å². The number of thioether (sulfide) groups is 1. The highest BCUT2D eigenvalue weighted by atomic mass is 32.2. The van der Waals surface area contributed by atoms with Crippen molar-refractivity contribution < 1.29 is 13.9 Å². The number of nitrogens with zero attached hydrogens (tertiary/aromatic N) is 4. The maximum atomic E-state index is 15.4. The number of terminal acetylenes is 1. The first-order valence-electron chi connectivity index (χ1n) is 9.63. The molecule has 3 atom stereocenters. The molecular formula is C21H28FN5O2S. The minimum atomic E-state index is -1.28. The van der Waals surface area contributed by atoms with Gasteiger partial charge in [-0.1, -0.05) is 30.7 Å². The van der Waals surface area contributed by atoms with E-state index in [4.69, 9.17) is 21.9 Å². The van der Waals surface area contributed by atoms with E-state index in [1.54, 1.807) is 25.7 Å². The number of amidine groups is 1. The molecule has 30 heavy (non-hydrogen) atoms. The topological polar surface area (TPSA) is 92.6 Å². The molecule has 9 heteroatoms. The highest BCUT2D eigenvalue weighted by Crippen LogP contribution is 2.52. The summed E-state index contributed by atoms with van der Waals surface area (Å²) in [6.07, 6.45) is 9.74. The monoisotopic (exact) mass is 433 g/mol. The van der Waals surface area contributed by atoms with Crippen molar-refractivity contribution in [2.24, 2.45) is 32.0 Å². The van der Waals surface area contributed by atoms with Crippen molar-refractivity contribution in [1.82, 2.24) is 4.90 Å². The highest BCUT2D eigenvalue weighted by molar-refractivity contribution is 8.13. The number of carbonyl (C=O) groups is 1. The van der Waals surface area contributed by atoms with Gasteiger partial charge in [-0.25, -0.2) is 9.38 Å². The molecule has 2 rings (SSSR count). The summed E-state index contributed by atoms with van der Waals surface area (Å²) in [7, 11) is 0. The smallest absolute Gasteiger partial charge is 0.232 e. The number of hydrogen-bond acceptors (Lipinski definition) is 7. The predicted octanol–water partition coefficient (Wildman–Crippen LogP) is 2.75. The zero-order valence-corrected chi connectivity index (χ0v) is 18.4. The van der Waals surface area contributed by atoms with Crippen LogP contribution >= 0.6 is 11.8 Å². The van der Waals surface area contributed by atoms with Crippen molar-refractivity contribution in [2.45, 2.75) is 32.7 Å². The zero-order valence-electron chi connectivity index (χ0n) is 17.6. The summed E-state index contributed by atoms with van der Waals surface area (Å²) < 4.78 is 20.8. The second-order valence-electron chi connectivity index (χ2n) is 7.25. The van der Waals surface area contributed by atoms with Crippen LogP contribution in [0.4, 0.5) is 4.39 Å². The number of hydrogen-bond donors (Lipinski definition) is 1. The van der Waals surface area contributed by atoms with Gasteiger partial charge in [0, 0.05) is 37.4 Å². The van der Waals surface area contributed by atoms with Crippen molar-refractivity contribution in [3.8, 4) is 12.3 Å². The molecule has 1 amide bonds. The lowest BCUT2D eigenvalue weighted by Gasteiger charge is -2.45. The van der Waals surface area contributed by atoms with Crippen LogP contribution in [-0.4, -0.2) is 59.9 Å². The molecule has 1 unspecified atom stereocenters. The van der Waals surface area contributed by atoms with E-state index in [0.29, 0.717) is 23.9 Å². The minimum absolute atomic E-state index is 0.00322. The van der Waals surface area contributed by atoms with Gasteiger partial charge in [0.2, 0.25) is 11.8 Å². The van der Waals surface area contributed by atoms with Gasteiger partial charge >= 0.3 is 0 Å². The van der Waals surface area contributed by atoms with Gasteiger partial charge in [0.15, 0.2) is 11.8 Å². The third-order valence-electron chi connectivity index (χ3n) is 5.55. The average molecular weight is 434 g/mol. The first-order chi connectivity index (χ1) is 14.3. The van der Waals surface area contributed by atoms with Gasteiger partial charge in [0.05, 0.1) is 11.6 Å². The molecule has 0 aliphatic carbocycles. The molecule has 7 nitrogen and oxygen atoms in total. The van der Waals surface area contributed by atoms with Crippen molar-refractivity contribution in [2.75, 3.05) is 25.4 Å². The molecule has 2 aliphatic heterocycles. The summed E-state index contributed by atoms with van der Waals surface area (Å²) in [6, 6.07) is 0. The van der Waals surface area contributed by atoms with Crippen molar-refractivity contribution in [3.63, 3.8) is 0 Å². The molecule has 162 valence electrons. The Morgan fingerprint density at radius 1 is 1.67 bits per heavy atom. The maximum absolute atomic E-state index is 15.4. The van der Waals surface area contributed by atoms with Crippen LogP contribution in [0.1, 0.15) is 27.2 Å². The Morgan fingerprint density at radius 2 is 2.40 bits per heavy atom. The highest BCUT2D eigenvalue weighted by Gasteiger charge is 2.61. The van der Waals surface area contributed by atoms with E-state index in [1.165, 1.54) is 30.3 Å². The lowest BCUT2D eigenvalue weighted by molar-refractivity contribution is -0.130. The molecule has 0 bridgehead atoms. The van der Waals surface area contributed by atoms with E-state index < -0.39 is 16.8 Å². The number of ether oxygens (including phenoxy) is 1. The number of rotatable bonds is 8. The van der Waals surface area contributed by atoms with Crippen molar-refractivity contribution in [3.05, 3.63) is 24.0 Å². The molecule has 2 aliphatic rings. The average Bonchev–Trinajstić information content (AvgIpc) is 3.14. The number of amides is 1. The molecule has 0 radical (unpaired) electrons. The lowest BCUT2D eigenvalue weighted by Crippen LogP contribution is -2.56. The molecule has 0 aromatic heterocycles. The SMILES string of the molecule is C#CCOC(=C/N=C)/N=C\C(C)(/C(F)=C\C)[C@]12CN(C(=O)CC)C[C@H]1CSC(N)=N2. The van der Waals surface area contributed by atoms with Crippen LogP contribution in [0.15, 0.2) is 39.0 Å². The second kappa shape index (κ2) is 9.94. The Hall–Kier alpha value is -2.60. The minimum Gasteiger partial charge on any atom is -0.463 e. The fraction of sp³-hybridized carbons (Fsp3) is 0.524. The second-order valence-corrected chi connectivity index (χ2v) is 8.29. The largest absolute Gasteiger partial charge is 0.463 e. The molecule has 2 N–H and O–H groups in total. The first kappa shape index (κ1) is 23.7. The Kier molecular flexibility index (Phi) is 7.84. The molecule has 0 spiro atoms.